The molecule has 5 heteroatoms. The van der Waals surface area contributed by atoms with Crippen molar-refractivity contribution in [2.45, 2.75) is 25.7 Å². The summed E-state index contributed by atoms with van der Waals surface area (Å²) in [5.41, 5.74) is 0.987. The Labute approximate surface area is 124 Å². The van der Waals surface area contributed by atoms with Crippen molar-refractivity contribution in [2.24, 2.45) is 0 Å². The highest BCUT2D eigenvalue weighted by atomic mass is 16.5. The van der Waals surface area contributed by atoms with E-state index in [1.165, 1.54) is 12.8 Å². The Balaban J connectivity index is 1.78. The minimum atomic E-state index is 0.527. The van der Waals surface area contributed by atoms with Crippen molar-refractivity contribution in [1.29, 1.82) is 0 Å². The second-order valence-electron chi connectivity index (χ2n) is 5.10. The molecule has 1 aromatic heterocycles. The van der Waals surface area contributed by atoms with Gasteiger partial charge in [0.15, 0.2) is 0 Å². The van der Waals surface area contributed by atoms with Gasteiger partial charge < -0.3 is 15.4 Å². The van der Waals surface area contributed by atoms with Crippen LogP contribution in [0.25, 0.3) is 0 Å². The summed E-state index contributed by atoms with van der Waals surface area (Å²) in [4.78, 5) is 9.12. The van der Waals surface area contributed by atoms with Gasteiger partial charge >= 0.3 is 0 Å². The lowest BCUT2D eigenvalue weighted by atomic mass is 10.3. The fourth-order valence-corrected chi connectivity index (χ4v) is 2.13. The molecule has 0 aliphatic heterocycles. The fourth-order valence-electron chi connectivity index (χ4n) is 2.13. The zero-order valence-corrected chi connectivity index (χ0v) is 12.4. The summed E-state index contributed by atoms with van der Waals surface area (Å²) in [6.07, 6.45) is 2.38. The van der Waals surface area contributed by atoms with E-state index in [1.54, 1.807) is 0 Å². The first kappa shape index (κ1) is 13.7. The lowest BCUT2D eigenvalue weighted by molar-refractivity contribution is 0.340. The lowest BCUT2D eigenvalue weighted by Gasteiger charge is -2.10. The van der Waals surface area contributed by atoms with Crippen molar-refractivity contribution >= 4 is 17.3 Å². The van der Waals surface area contributed by atoms with Crippen LogP contribution in [0.2, 0.25) is 0 Å². The molecule has 0 spiro atoms. The lowest BCUT2D eigenvalue weighted by Crippen LogP contribution is -2.03. The highest BCUT2D eigenvalue weighted by Gasteiger charge is 2.27. The van der Waals surface area contributed by atoms with Crippen molar-refractivity contribution in [3.63, 3.8) is 0 Å². The number of rotatable bonds is 6. The van der Waals surface area contributed by atoms with Crippen LogP contribution in [0.3, 0.4) is 0 Å². The zero-order valence-electron chi connectivity index (χ0n) is 12.4. The van der Waals surface area contributed by atoms with Crippen LogP contribution in [-0.2, 0) is 0 Å². The molecule has 5 nitrogen and oxygen atoms in total. The average molecular weight is 284 g/mol. The number of aromatic nitrogens is 2. The summed E-state index contributed by atoms with van der Waals surface area (Å²) < 4.78 is 5.44. The molecule has 0 radical (unpaired) electrons. The average Bonchev–Trinajstić information content (AvgIpc) is 3.34. The Morgan fingerprint density at radius 1 is 1.14 bits per heavy atom. The van der Waals surface area contributed by atoms with Gasteiger partial charge in [0.2, 0.25) is 0 Å². The molecule has 0 amide bonds. The van der Waals surface area contributed by atoms with Gasteiger partial charge in [0.05, 0.1) is 6.61 Å². The van der Waals surface area contributed by atoms with Gasteiger partial charge in [-0.3, -0.25) is 0 Å². The zero-order chi connectivity index (χ0) is 14.7. The van der Waals surface area contributed by atoms with Crippen LogP contribution < -0.4 is 15.4 Å². The van der Waals surface area contributed by atoms with Crippen LogP contribution in [0, 0.1) is 0 Å². The predicted octanol–water partition coefficient (Wildman–Crippen LogP) is 3.54. The van der Waals surface area contributed by atoms with E-state index in [4.69, 9.17) is 4.74 Å². The highest BCUT2D eigenvalue weighted by Crippen LogP contribution is 2.39. The van der Waals surface area contributed by atoms with Gasteiger partial charge in [-0.05, 0) is 44.0 Å². The van der Waals surface area contributed by atoms with Gasteiger partial charge in [-0.1, -0.05) is 0 Å². The van der Waals surface area contributed by atoms with E-state index < -0.39 is 0 Å². The van der Waals surface area contributed by atoms with Crippen LogP contribution in [0.15, 0.2) is 30.3 Å². The molecule has 1 fully saturated rings. The molecular formula is C16H20N4O. The number of anilines is 3. The third-order valence-corrected chi connectivity index (χ3v) is 3.38. The van der Waals surface area contributed by atoms with Crippen LogP contribution in [0.5, 0.6) is 5.75 Å². The van der Waals surface area contributed by atoms with Crippen molar-refractivity contribution in [3.8, 4) is 5.75 Å². The van der Waals surface area contributed by atoms with Crippen LogP contribution in [0.4, 0.5) is 17.3 Å². The molecule has 2 aromatic rings. The molecule has 0 atom stereocenters. The minimum Gasteiger partial charge on any atom is -0.494 e. The number of ether oxygens (including phenoxy) is 1. The van der Waals surface area contributed by atoms with Gasteiger partial charge in [0.1, 0.15) is 23.2 Å². The largest absolute Gasteiger partial charge is 0.494 e. The van der Waals surface area contributed by atoms with E-state index in [2.05, 4.69) is 20.6 Å². The summed E-state index contributed by atoms with van der Waals surface area (Å²) in [6, 6.07) is 9.80. The van der Waals surface area contributed by atoms with E-state index in [1.807, 2.05) is 44.3 Å². The van der Waals surface area contributed by atoms with Crippen molar-refractivity contribution in [3.05, 3.63) is 36.2 Å². The SMILES string of the molecule is CCOc1ccc(Nc2cc(NC)nc(C3CC3)n2)cc1. The first-order chi connectivity index (χ1) is 10.3. The maximum Gasteiger partial charge on any atom is 0.136 e. The van der Waals surface area contributed by atoms with Crippen LogP contribution >= 0.6 is 0 Å². The molecular weight excluding hydrogens is 264 g/mol. The van der Waals surface area contributed by atoms with E-state index in [9.17, 15) is 0 Å². The first-order valence-corrected chi connectivity index (χ1v) is 7.35. The predicted molar refractivity (Wildman–Crippen MR) is 84.4 cm³/mol. The Hall–Kier alpha value is -2.30. The third kappa shape index (κ3) is 3.42. The summed E-state index contributed by atoms with van der Waals surface area (Å²) in [5, 5.41) is 6.42. The molecule has 0 bridgehead atoms. The van der Waals surface area contributed by atoms with Gasteiger partial charge in [-0.15, -0.1) is 0 Å². The van der Waals surface area contributed by atoms with Crippen LogP contribution in [0.1, 0.15) is 31.5 Å². The van der Waals surface area contributed by atoms with Gasteiger partial charge in [-0.25, -0.2) is 9.97 Å². The second kappa shape index (κ2) is 5.99. The number of nitrogens with zero attached hydrogens (tertiary/aromatic N) is 2. The van der Waals surface area contributed by atoms with E-state index in [0.29, 0.717) is 12.5 Å². The summed E-state index contributed by atoms with van der Waals surface area (Å²) in [7, 11) is 1.87. The molecule has 3 rings (SSSR count). The maximum absolute atomic E-state index is 5.44. The number of nitrogens with one attached hydrogen (secondary N) is 2. The standard InChI is InChI=1S/C16H20N4O/c1-3-21-13-8-6-12(7-9-13)18-15-10-14(17-2)19-16(20-15)11-4-5-11/h6-11H,3-5H2,1-2H3,(H2,17,18,19,20). The Morgan fingerprint density at radius 2 is 1.86 bits per heavy atom. The van der Waals surface area contributed by atoms with Crippen molar-refractivity contribution in [1.82, 2.24) is 9.97 Å². The van der Waals surface area contributed by atoms with Gasteiger partial charge in [-0.2, -0.15) is 0 Å². The number of hydrogen-bond donors (Lipinski definition) is 2. The minimum absolute atomic E-state index is 0.527. The maximum atomic E-state index is 5.44. The van der Waals surface area contributed by atoms with E-state index >= 15 is 0 Å². The normalized spacial score (nSPS) is 13.8. The number of hydrogen-bond acceptors (Lipinski definition) is 5. The van der Waals surface area contributed by atoms with E-state index in [0.717, 1.165) is 28.9 Å². The molecule has 1 aromatic carbocycles. The Kier molecular flexibility index (Phi) is 3.90. The third-order valence-electron chi connectivity index (χ3n) is 3.38. The molecule has 1 aliphatic rings. The fraction of sp³-hybridized carbons (Fsp3) is 0.375. The topological polar surface area (TPSA) is 59.1 Å². The molecule has 1 saturated carbocycles. The Morgan fingerprint density at radius 3 is 2.48 bits per heavy atom. The molecule has 1 heterocycles. The first-order valence-electron chi connectivity index (χ1n) is 7.35. The van der Waals surface area contributed by atoms with Gasteiger partial charge in [0, 0.05) is 24.7 Å². The number of benzene rings is 1. The monoisotopic (exact) mass is 284 g/mol. The van der Waals surface area contributed by atoms with Crippen LogP contribution in [-0.4, -0.2) is 23.6 Å². The Bertz CT molecular complexity index is 608. The molecule has 1 aliphatic carbocycles. The molecule has 0 saturated heterocycles. The van der Waals surface area contributed by atoms with Crippen molar-refractivity contribution in [2.75, 3.05) is 24.3 Å². The molecule has 0 unspecified atom stereocenters. The quantitative estimate of drug-likeness (QED) is 0.849. The second-order valence-corrected chi connectivity index (χ2v) is 5.10. The molecule has 110 valence electrons. The molecule has 2 N–H and O–H groups in total. The smallest absolute Gasteiger partial charge is 0.136 e. The van der Waals surface area contributed by atoms with Gasteiger partial charge in [0.25, 0.3) is 0 Å². The summed E-state index contributed by atoms with van der Waals surface area (Å²) in [5.74, 6) is 4.00. The van der Waals surface area contributed by atoms with Crippen molar-refractivity contribution < 1.29 is 4.74 Å². The van der Waals surface area contributed by atoms with E-state index in [-0.39, 0.29) is 0 Å². The summed E-state index contributed by atoms with van der Waals surface area (Å²) in [6.45, 7) is 2.65. The molecule has 21 heavy (non-hydrogen) atoms. The summed E-state index contributed by atoms with van der Waals surface area (Å²) >= 11 is 0. The highest BCUT2D eigenvalue weighted by molar-refractivity contribution is 5.60.